The number of halogens is 1. The van der Waals surface area contributed by atoms with Gasteiger partial charge in [-0.15, -0.1) is 11.3 Å². The van der Waals surface area contributed by atoms with Crippen LogP contribution in [0.1, 0.15) is 10.6 Å². The molecule has 0 saturated carbocycles. The topological polar surface area (TPSA) is 78.2 Å². The van der Waals surface area contributed by atoms with E-state index in [0.29, 0.717) is 6.42 Å². The Balaban J connectivity index is 2.05. The van der Waals surface area contributed by atoms with Gasteiger partial charge in [0.2, 0.25) is 0 Å². The zero-order valence-corrected chi connectivity index (χ0v) is 11.6. The fourth-order valence-corrected chi connectivity index (χ4v) is 2.36. The van der Waals surface area contributed by atoms with Crippen LogP contribution in [0.2, 0.25) is 5.15 Å². The van der Waals surface area contributed by atoms with Crippen molar-refractivity contribution in [1.29, 1.82) is 0 Å². The Morgan fingerprint density at radius 2 is 2.32 bits per heavy atom. The van der Waals surface area contributed by atoms with Gasteiger partial charge in [0.25, 0.3) is 5.88 Å². The van der Waals surface area contributed by atoms with Gasteiger partial charge in [-0.2, -0.15) is 4.98 Å². The molecule has 0 aliphatic rings. The molecule has 0 radical (unpaired) electrons. The molecule has 0 aromatic carbocycles. The fraction of sp³-hybridized carbons (Fsp3) is 0.273. The van der Waals surface area contributed by atoms with E-state index >= 15 is 0 Å². The average molecular weight is 300 g/mol. The number of nitro groups is 1. The first kappa shape index (κ1) is 13.7. The lowest BCUT2D eigenvalue weighted by Gasteiger charge is -2.05. The molecule has 100 valence electrons. The van der Waals surface area contributed by atoms with Gasteiger partial charge in [0, 0.05) is 17.4 Å². The van der Waals surface area contributed by atoms with Crippen LogP contribution in [0.15, 0.2) is 17.6 Å². The van der Waals surface area contributed by atoms with E-state index in [4.69, 9.17) is 16.3 Å². The van der Waals surface area contributed by atoms with Gasteiger partial charge in [-0.25, -0.2) is 4.98 Å². The van der Waals surface area contributed by atoms with Gasteiger partial charge in [0.15, 0.2) is 0 Å². The second kappa shape index (κ2) is 5.94. The molecular formula is C11H10ClN3O3S. The molecule has 0 fully saturated rings. The predicted molar refractivity (Wildman–Crippen MR) is 72.0 cm³/mol. The number of aryl methyl sites for hydroxylation is 1. The Morgan fingerprint density at radius 3 is 2.95 bits per heavy atom. The number of rotatable bonds is 5. The van der Waals surface area contributed by atoms with Gasteiger partial charge >= 0.3 is 5.69 Å². The summed E-state index contributed by atoms with van der Waals surface area (Å²) in [5, 5.41) is 11.0. The summed E-state index contributed by atoms with van der Waals surface area (Å²) in [7, 11) is 0. The molecule has 2 rings (SSSR count). The molecule has 0 atom stereocenters. The summed E-state index contributed by atoms with van der Waals surface area (Å²) in [6, 6.07) is 2.64. The van der Waals surface area contributed by atoms with Crippen molar-refractivity contribution >= 4 is 28.6 Å². The SMILES string of the molecule is Cc1ncsc1CCOc1nc(Cl)ccc1[N+](=O)[O-]. The van der Waals surface area contributed by atoms with E-state index in [9.17, 15) is 10.1 Å². The molecule has 8 heteroatoms. The molecule has 2 heterocycles. The normalized spacial score (nSPS) is 10.4. The first-order valence-corrected chi connectivity index (χ1v) is 6.66. The van der Waals surface area contributed by atoms with E-state index in [0.717, 1.165) is 10.6 Å². The number of ether oxygens (including phenoxy) is 1. The van der Waals surface area contributed by atoms with Crippen LogP contribution in [0.3, 0.4) is 0 Å². The van der Waals surface area contributed by atoms with Gasteiger partial charge in [-0.1, -0.05) is 11.6 Å². The van der Waals surface area contributed by atoms with E-state index in [2.05, 4.69) is 9.97 Å². The molecule has 0 aliphatic heterocycles. The van der Waals surface area contributed by atoms with Crippen LogP contribution < -0.4 is 4.74 Å². The summed E-state index contributed by atoms with van der Waals surface area (Å²) in [4.78, 5) is 19.3. The average Bonchev–Trinajstić information content (AvgIpc) is 2.75. The van der Waals surface area contributed by atoms with Crippen molar-refractivity contribution < 1.29 is 9.66 Å². The first-order chi connectivity index (χ1) is 9.08. The van der Waals surface area contributed by atoms with Crippen molar-refractivity contribution in [2.45, 2.75) is 13.3 Å². The van der Waals surface area contributed by atoms with E-state index in [1.165, 1.54) is 23.5 Å². The Bertz CT molecular complexity index is 603. The number of aromatic nitrogens is 2. The van der Waals surface area contributed by atoms with E-state index in [1.807, 2.05) is 6.92 Å². The first-order valence-electron chi connectivity index (χ1n) is 5.40. The van der Waals surface area contributed by atoms with Crippen LogP contribution in [0, 0.1) is 17.0 Å². The van der Waals surface area contributed by atoms with Crippen LogP contribution in [-0.2, 0) is 6.42 Å². The number of nitrogens with zero attached hydrogens (tertiary/aromatic N) is 3. The largest absolute Gasteiger partial charge is 0.472 e. The third-order valence-corrected chi connectivity index (χ3v) is 3.62. The third-order valence-electron chi connectivity index (χ3n) is 2.42. The summed E-state index contributed by atoms with van der Waals surface area (Å²) in [6.07, 6.45) is 0.627. The van der Waals surface area contributed by atoms with Crippen molar-refractivity contribution in [1.82, 2.24) is 9.97 Å². The van der Waals surface area contributed by atoms with E-state index in [1.54, 1.807) is 5.51 Å². The molecule has 19 heavy (non-hydrogen) atoms. The minimum absolute atomic E-state index is 0.0559. The van der Waals surface area contributed by atoms with Crippen LogP contribution in [0.4, 0.5) is 5.69 Å². The Hall–Kier alpha value is -1.73. The van der Waals surface area contributed by atoms with Crippen molar-refractivity contribution in [3.05, 3.63) is 43.5 Å². The molecule has 0 aliphatic carbocycles. The third kappa shape index (κ3) is 3.39. The summed E-state index contributed by atoms with van der Waals surface area (Å²) in [5.74, 6) is -0.0559. The summed E-state index contributed by atoms with van der Waals surface area (Å²) in [6.45, 7) is 2.20. The molecular weight excluding hydrogens is 290 g/mol. The molecule has 0 N–H and O–H groups in total. The lowest BCUT2D eigenvalue weighted by Crippen LogP contribution is -2.05. The molecule has 0 amide bonds. The van der Waals surface area contributed by atoms with Gasteiger partial charge in [0.05, 0.1) is 22.7 Å². The summed E-state index contributed by atoms with van der Waals surface area (Å²) in [5.41, 5.74) is 2.51. The molecule has 2 aromatic rings. The monoisotopic (exact) mass is 299 g/mol. The molecule has 0 saturated heterocycles. The lowest BCUT2D eigenvalue weighted by atomic mass is 10.3. The molecule has 2 aromatic heterocycles. The van der Waals surface area contributed by atoms with Crippen molar-refractivity contribution in [2.75, 3.05) is 6.61 Å². The number of thiazole rings is 1. The predicted octanol–water partition coefficient (Wildman–Crippen LogP) is 3.03. The number of hydrogen-bond acceptors (Lipinski definition) is 6. The molecule has 0 bridgehead atoms. The molecule has 6 nitrogen and oxygen atoms in total. The van der Waals surface area contributed by atoms with Crippen molar-refractivity contribution in [2.24, 2.45) is 0 Å². The summed E-state index contributed by atoms with van der Waals surface area (Å²) >= 11 is 7.23. The second-order valence-electron chi connectivity index (χ2n) is 3.67. The molecule has 0 unspecified atom stereocenters. The maximum absolute atomic E-state index is 10.8. The minimum atomic E-state index is -0.545. The molecule has 0 spiro atoms. The standard InChI is InChI=1S/C11H10ClN3O3S/c1-7-9(19-6-13-7)4-5-18-11-8(15(16)17)2-3-10(12)14-11/h2-3,6H,4-5H2,1H3. The quantitative estimate of drug-likeness (QED) is 0.482. The van der Waals surface area contributed by atoms with Gasteiger partial charge in [-0.3, -0.25) is 10.1 Å². The van der Waals surface area contributed by atoms with Gasteiger partial charge < -0.3 is 4.74 Å². The highest BCUT2D eigenvalue weighted by Crippen LogP contribution is 2.26. The number of pyridine rings is 1. The van der Waals surface area contributed by atoms with E-state index in [-0.39, 0.29) is 23.3 Å². The van der Waals surface area contributed by atoms with Gasteiger partial charge in [0.1, 0.15) is 5.15 Å². The Labute approximate surface area is 118 Å². The van der Waals surface area contributed by atoms with Gasteiger partial charge in [-0.05, 0) is 13.0 Å². The Morgan fingerprint density at radius 1 is 1.53 bits per heavy atom. The zero-order valence-electron chi connectivity index (χ0n) is 10.00. The Kier molecular flexibility index (Phi) is 4.28. The summed E-state index contributed by atoms with van der Waals surface area (Å²) < 4.78 is 5.35. The highest BCUT2D eigenvalue weighted by molar-refractivity contribution is 7.09. The second-order valence-corrected chi connectivity index (χ2v) is 5.00. The zero-order chi connectivity index (χ0) is 13.8. The van der Waals surface area contributed by atoms with E-state index < -0.39 is 4.92 Å². The van der Waals surface area contributed by atoms with Crippen molar-refractivity contribution in [3.63, 3.8) is 0 Å². The number of hydrogen-bond donors (Lipinski definition) is 0. The van der Waals surface area contributed by atoms with Crippen LogP contribution in [0.5, 0.6) is 5.88 Å². The van der Waals surface area contributed by atoms with Crippen LogP contribution >= 0.6 is 22.9 Å². The van der Waals surface area contributed by atoms with Crippen LogP contribution in [-0.4, -0.2) is 21.5 Å². The highest BCUT2D eigenvalue weighted by atomic mass is 35.5. The maximum atomic E-state index is 10.8. The van der Waals surface area contributed by atoms with Crippen LogP contribution in [0.25, 0.3) is 0 Å². The lowest BCUT2D eigenvalue weighted by molar-refractivity contribution is -0.386. The smallest absolute Gasteiger partial charge is 0.331 e. The minimum Gasteiger partial charge on any atom is -0.472 e. The van der Waals surface area contributed by atoms with Crippen molar-refractivity contribution in [3.8, 4) is 5.88 Å². The maximum Gasteiger partial charge on any atom is 0.331 e. The fourth-order valence-electron chi connectivity index (χ4n) is 1.46. The highest BCUT2D eigenvalue weighted by Gasteiger charge is 2.17.